The van der Waals surface area contributed by atoms with Crippen LogP contribution in [0.15, 0.2) is 18.3 Å². The standard InChI is InChI=1S/C11H15FN2O/c1-8-4-5-14(10(8)7-15)11-3-2-9(12)6-13-11/h2-3,6,8,10,15H,4-5,7H2,1H3. The van der Waals surface area contributed by atoms with Crippen LogP contribution in [0.25, 0.3) is 0 Å². The van der Waals surface area contributed by atoms with E-state index in [9.17, 15) is 9.50 Å². The summed E-state index contributed by atoms with van der Waals surface area (Å²) in [5, 5.41) is 9.28. The molecule has 1 aromatic rings. The van der Waals surface area contributed by atoms with Crippen LogP contribution in [0.2, 0.25) is 0 Å². The maximum absolute atomic E-state index is 12.7. The van der Waals surface area contributed by atoms with Crippen LogP contribution in [-0.2, 0) is 0 Å². The van der Waals surface area contributed by atoms with Crippen molar-refractivity contribution in [3.05, 3.63) is 24.1 Å². The summed E-state index contributed by atoms with van der Waals surface area (Å²) in [4.78, 5) is 6.08. The highest BCUT2D eigenvalue weighted by molar-refractivity contribution is 5.41. The molecule has 0 aliphatic carbocycles. The van der Waals surface area contributed by atoms with Gasteiger partial charge in [0.15, 0.2) is 0 Å². The molecule has 15 heavy (non-hydrogen) atoms. The van der Waals surface area contributed by atoms with Gasteiger partial charge in [0.2, 0.25) is 0 Å². The largest absolute Gasteiger partial charge is 0.394 e. The molecule has 1 fully saturated rings. The normalized spacial score (nSPS) is 25.9. The smallest absolute Gasteiger partial charge is 0.141 e. The van der Waals surface area contributed by atoms with Gasteiger partial charge in [-0.2, -0.15) is 0 Å². The molecule has 0 amide bonds. The lowest BCUT2D eigenvalue weighted by Crippen LogP contribution is -2.35. The van der Waals surface area contributed by atoms with E-state index in [4.69, 9.17) is 0 Å². The van der Waals surface area contributed by atoms with Gasteiger partial charge < -0.3 is 10.0 Å². The predicted molar refractivity (Wildman–Crippen MR) is 56.2 cm³/mol. The van der Waals surface area contributed by atoms with Crippen LogP contribution in [0.4, 0.5) is 10.2 Å². The zero-order valence-electron chi connectivity index (χ0n) is 8.73. The highest BCUT2D eigenvalue weighted by Crippen LogP contribution is 2.27. The van der Waals surface area contributed by atoms with E-state index in [0.29, 0.717) is 5.92 Å². The van der Waals surface area contributed by atoms with Crippen molar-refractivity contribution >= 4 is 5.82 Å². The molecule has 1 N–H and O–H groups in total. The molecule has 1 aliphatic heterocycles. The molecule has 2 rings (SSSR count). The Labute approximate surface area is 88.6 Å². The molecule has 2 atom stereocenters. The summed E-state index contributed by atoms with van der Waals surface area (Å²) < 4.78 is 12.7. The Kier molecular flexibility index (Phi) is 2.86. The third-order valence-corrected chi connectivity index (χ3v) is 3.08. The lowest BCUT2D eigenvalue weighted by atomic mass is 10.0. The van der Waals surface area contributed by atoms with Crippen LogP contribution in [0, 0.1) is 11.7 Å². The number of anilines is 1. The van der Waals surface area contributed by atoms with E-state index in [-0.39, 0.29) is 18.5 Å². The van der Waals surface area contributed by atoms with E-state index in [1.807, 2.05) is 4.90 Å². The Hall–Kier alpha value is -1.16. The summed E-state index contributed by atoms with van der Waals surface area (Å²) in [6.45, 7) is 3.12. The Morgan fingerprint density at radius 1 is 1.60 bits per heavy atom. The first kappa shape index (κ1) is 10.4. The maximum Gasteiger partial charge on any atom is 0.141 e. The van der Waals surface area contributed by atoms with Crippen molar-refractivity contribution in [2.75, 3.05) is 18.1 Å². The first-order valence-corrected chi connectivity index (χ1v) is 5.21. The number of aliphatic hydroxyl groups excluding tert-OH is 1. The molecule has 0 radical (unpaired) electrons. The number of pyridine rings is 1. The van der Waals surface area contributed by atoms with Gasteiger partial charge in [0, 0.05) is 6.54 Å². The highest BCUT2D eigenvalue weighted by atomic mass is 19.1. The molecular formula is C11H15FN2O. The van der Waals surface area contributed by atoms with Crippen molar-refractivity contribution in [3.63, 3.8) is 0 Å². The number of aromatic nitrogens is 1. The minimum atomic E-state index is -0.327. The van der Waals surface area contributed by atoms with Gasteiger partial charge in [-0.3, -0.25) is 0 Å². The third-order valence-electron chi connectivity index (χ3n) is 3.08. The Bertz CT molecular complexity index is 328. The third kappa shape index (κ3) is 1.95. The van der Waals surface area contributed by atoms with Crippen LogP contribution in [-0.4, -0.2) is 29.3 Å². The topological polar surface area (TPSA) is 36.4 Å². The molecule has 3 nitrogen and oxygen atoms in total. The second-order valence-corrected chi connectivity index (χ2v) is 4.04. The van der Waals surface area contributed by atoms with E-state index < -0.39 is 0 Å². The summed E-state index contributed by atoms with van der Waals surface area (Å²) in [5.74, 6) is 0.883. The molecule has 2 unspecified atom stereocenters. The summed E-state index contributed by atoms with van der Waals surface area (Å²) in [6.07, 6.45) is 2.26. The molecule has 4 heteroatoms. The maximum atomic E-state index is 12.7. The predicted octanol–water partition coefficient (Wildman–Crippen LogP) is 1.43. The molecule has 0 aromatic carbocycles. The van der Waals surface area contributed by atoms with E-state index in [2.05, 4.69) is 11.9 Å². The second-order valence-electron chi connectivity index (χ2n) is 4.04. The average Bonchev–Trinajstić information content (AvgIpc) is 2.61. The summed E-state index contributed by atoms with van der Waals surface area (Å²) in [6, 6.07) is 3.18. The fourth-order valence-corrected chi connectivity index (χ4v) is 2.11. The first-order chi connectivity index (χ1) is 7.22. The zero-order chi connectivity index (χ0) is 10.8. The van der Waals surface area contributed by atoms with Crippen LogP contribution in [0.3, 0.4) is 0 Å². The second kappa shape index (κ2) is 4.14. The first-order valence-electron chi connectivity index (χ1n) is 5.21. The summed E-state index contributed by atoms with van der Waals surface area (Å²) >= 11 is 0. The van der Waals surface area contributed by atoms with Crippen molar-refractivity contribution in [2.24, 2.45) is 5.92 Å². The lowest BCUT2D eigenvalue weighted by molar-refractivity contribution is 0.244. The number of aliphatic hydroxyl groups is 1. The Morgan fingerprint density at radius 2 is 2.40 bits per heavy atom. The van der Waals surface area contributed by atoms with Crippen molar-refractivity contribution in [1.29, 1.82) is 0 Å². The Balaban J connectivity index is 2.20. The Morgan fingerprint density at radius 3 is 3.00 bits per heavy atom. The van der Waals surface area contributed by atoms with Crippen molar-refractivity contribution < 1.29 is 9.50 Å². The average molecular weight is 210 g/mol. The van der Waals surface area contributed by atoms with Crippen LogP contribution >= 0.6 is 0 Å². The number of hydrogen-bond acceptors (Lipinski definition) is 3. The van der Waals surface area contributed by atoms with Gasteiger partial charge in [-0.1, -0.05) is 6.92 Å². The molecule has 0 saturated carbocycles. The van der Waals surface area contributed by atoms with E-state index >= 15 is 0 Å². The molecule has 2 heterocycles. The SMILES string of the molecule is CC1CCN(c2ccc(F)cn2)C1CO. The number of halogens is 1. The van der Waals surface area contributed by atoms with E-state index in [1.54, 1.807) is 6.07 Å². The number of hydrogen-bond donors (Lipinski definition) is 1. The number of nitrogens with zero attached hydrogens (tertiary/aromatic N) is 2. The quantitative estimate of drug-likeness (QED) is 0.802. The van der Waals surface area contributed by atoms with Crippen LogP contribution in [0.5, 0.6) is 0 Å². The van der Waals surface area contributed by atoms with Gasteiger partial charge in [-0.05, 0) is 24.5 Å². The van der Waals surface area contributed by atoms with Crippen LogP contribution < -0.4 is 4.90 Å². The fourth-order valence-electron chi connectivity index (χ4n) is 2.11. The van der Waals surface area contributed by atoms with Gasteiger partial charge in [0.1, 0.15) is 11.6 Å². The monoisotopic (exact) mass is 210 g/mol. The molecule has 1 aliphatic rings. The lowest BCUT2D eigenvalue weighted by Gasteiger charge is -2.26. The van der Waals surface area contributed by atoms with Crippen molar-refractivity contribution in [1.82, 2.24) is 4.98 Å². The van der Waals surface area contributed by atoms with Crippen LogP contribution in [0.1, 0.15) is 13.3 Å². The summed E-state index contributed by atoms with van der Waals surface area (Å²) in [5.41, 5.74) is 0. The zero-order valence-corrected chi connectivity index (χ0v) is 8.73. The minimum Gasteiger partial charge on any atom is -0.394 e. The van der Waals surface area contributed by atoms with Gasteiger partial charge in [0.25, 0.3) is 0 Å². The molecule has 0 spiro atoms. The van der Waals surface area contributed by atoms with E-state index in [0.717, 1.165) is 18.8 Å². The van der Waals surface area contributed by atoms with Gasteiger partial charge in [-0.15, -0.1) is 0 Å². The van der Waals surface area contributed by atoms with Gasteiger partial charge >= 0.3 is 0 Å². The fraction of sp³-hybridized carbons (Fsp3) is 0.545. The highest BCUT2D eigenvalue weighted by Gasteiger charge is 2.31. The summed E-state index contributed by atoms with van der Waals surface area (Å²) in [7, 11) is 0. The van der Waals surface area contributed by atoms with E-state index in [1.165, 1.54) is 12.3 Å². The minimum absolute atomic E-state index is 0.114. The van der Waals surface area contributed by atoms with Crippen molar-refractivity contribution in [3.8, 4) is 0 Å². The molecule has 0 bridgehead atoms. The van der Waals surface area contributed by atoms with Crippen molar-refractivity contribution in [2.45, 2.75) is 19.4 Å². The number of rotatable bonds is 2. The molecular weight excluding hydrogens is 195 g/mol. The molecule has 1 aromatic heterocycles. The van der Waals surface area contributed by atoms with Gasteiger partial charge in [-0.25, -0.2) is 9.37 Å². The molecule has 82 valence electrons. The van der Waals surface area contributed by atoms with Gasteiger partial charge in [0.05, 0.1) is 18.8 Å². The molecule has 1 saturated heterocycles.